The molecule has 10 aromatic rings. The van der Waals surface area contributed by atoms with Crippen molar-refractivity contribution in [3.05, 3.63) is 216 Å². The highest BCUT2D eigenvalue weighted by Crippen LogP contribution is 2.70. The van der Waals surface area contributed by atoms with Gasteiger partial charge in [0.1, 0.15) is 0 Å². The van der Waals surface area contributed by atoms with Crippen molar-refractivity contribution in [2.75, 3.05) is 0 Å². The van der Waals surface area contributed by atoms with Gasteiger partial charge >= 0.3 is 0 Å². The first-order valence-electron chi connectivity index (χ1n) is 33.1. The van der Waals surface area contributed by atoms with Crippen molar-refractivity contribution in [2.45, 2.75) is 169 Å². The molecular weight excluding hydrogens is 1060 g/mol. The van der Waals surface area contributed by atoms with E-state index in [-0.39, 0.29) is 27.1 Å². The topological polar surface area (TPSA) is 77.3 Å². The van der Waals surface area contributed by atoms with Crippen molar-refractivity contribution < 1.29 is 0 Å². The first-order chi connectivity index (χ1) is 42.8. The molecule has 6 heterocycles. The van der Waals surface area contributed by atoms with E-state index in [1.54, 1.807) is 0 Å². The summed E-state index contributed by atoms with van der Waals surface area (Å²) in [6.07, 6.45) is 36.8. The largest absolute Gasteiger partial charge is 0.261 e. The molecule has 0 saturated heterocycles. The van der Waals surface area contributed by atoms with Crippen LogP contribution >= 0.6 is 0 Å². The molecule has 0 radical (unpaired) electrons. The number of hydrogen-bond donors (Lipinski definition) is 0. The maximum atomic E-state index is 5.56. The molecule has 1 spiro atoms. The van der Waals surface area contributed by atoms with Crippen molar-refractivity contribution in [1.29, 1.82) is 0 Å². The van der Waals surface area contributed by atoms with Gasteiger partial charge in [0.2, 0.25) is 0 Å². The summed E-state index contributed by atoms with van der Waals surface area (Å²) in [7, 11) is 0. The fraction of sp³-hybridized carbons (Fsp3) is 0.333. The minimum atomic E-state index is 0.0104. The van der Waals surface area contributed by atoms with E-state index >= 15 is 0 Å². The van der Waals surface area contributed by atoms with Crippen molar-refractivity contribution in [1.82, 2.24) is 29.9 Å². The first-order valence-corrected chi connectivity index (χ1v) is 33.1. The third-order valence-electron chi connectivity index (χ3n) is 24.2. The Morgan fingerprint density at radius 2 is 0.655 bits per heavy atom. The number of hydrogen-bond acceptors (Lipinski definition) is 6. The third kappa shape index (κ3) is 7.33. The van der Waals surface area contributed by atoms with Crippen LogP contribution in [0.1, 0.15) is 167 Å². The van der Waals surface area contributed by atoms with Gasteiger partial charge in [0.15, 0.2) is 0 Å². The fourth-order valence-corrected chi connectivity index (χ4v) is 20.3. The summed E-state index contributed by atoms with van der Waals surface area (Å²) < 4.78 is 0. The van der Waals surface area contributed by atoms with Gasteiger partial charge in [0, 0.05) is 104 Å². The van der Waals surface area contributed by atoms with Gasteiger partial charge in [-0.2, -0.15) is 0 Å². The van der Waals surface area contributed by atoms with Gasteiger partial charge in [-0.05, 0) is 229 Å². The van der Waals surface area contributed by atoms with Gasteiger partial charge in [-0.25, -0.2) is 0 Å². The predicted octanol–water partition coefficient (Wildman–Crippen LogP) is 19.9. The minimum absolute atomic E-state index is 0.0104. The van der Waals surface area contributed by atoms with Gasteiger partial charge in [0.05, 0.1) is 34.2 Å². The van der Waals surface area contributed by atoms with Crippen LogP contribution < -0.4 is 0 Å². The highest BCUT2D eigenvalue weighted by atomic mass is 14.8. The highest BCUT2D eigenvalue weighted by Gasteiger charge is 2.65. The molecule has 6 nitrogen and oxygen atoms in total. The summed E-state index contributed by atoms with van der Waals surface area (Å²) >= 11 is 0. The Morgan fingerprint density at radius 1 is 0.287 bits per heavy atom. The van der Waals surface area contributed by atoms with Crippen molar-refractivity contribution in [3.8, 4) is 101 Å². The molecule has 0 N–H and O–H groups in total. The van der Waals surface area contributed by atoms with Crippen LogP contribution in [0.4, 0.5) is 0 Å². The van der Waals surface area contributed by atoms with Crippen molar-refractivity contribution in [2.24, 2.45) is 0 Å². The van der Waals surface area contributed by atoms with E-state index in [1.165, 1.54) is 250 Å². The molecule has 4 aromatic carbocycles. The molecule has 6 heteroatoms. The molecule has 0 amide bonds. The van der Waals surface area contributed by atoms with E-state index in [1.807, 2.05) is 18.6 Å². The first kappa shape index (κ1) is 52.0. The second kappa shape index (κ2) is 19.4. The molecule has 8 aliphatic carbocycles. The summed E-state index contributed by atoms with van der Waals surface area (Å²) in [6, 6.07) is 51.7. The van der Waals surface area contributed by atoms with E-state index in [0.717, 1.165) is 23.5 Å². The summed E-state index contributed by atoms with van der Waals surface area (Å²) in [5, 5.41) is 0. The maximum absolute atomic E-state index is 5.56. The molecule has 428 valence electrons. The predicted molar refractivity (Wildman–Crippen MR) is 351 cm³/mol. The zero-order valence-electron chi connectivity index (χ0n) is 50.5. The van der Waals surface area contributed by atoms with E-state index in [9.17, 15) is 0 Å². The van der Waals surface area contributed by atoms with Crippen LogP contribution in [0.25, 0.3) is 101 Å². The Morgan fingerprint density at radius 3 is 1.15 bits per heavy atom. The van der Waals surface area contributed by atoms with E-state index < -0.39 is 0 Å². The summed E-state index contributed by atoms with van der Waals surface area (Å²) in [4.78, 5) is 32.1. The number of pyridine rings is 6. The average Bonchev–Trinajstić information content (AvgIpc) is 1.58. The average molecular weight is 1130 g/mol. The standard InChI is InChI=1S/C81H74N6/c1-51-39-66(67(40-52(51)2)58-46-70-74(87-50-58)65-25-14-38-84-76(65)81-34-17-30-79(70,81)31-18-35-81)55-42-53(59-19-6-8-21-61(59)56-44-68-72(85-48-56)63-23-12-36-82-71(63)47-77(68)26-10-4-3-5-11-27-77)41-54(43-55)60-20-7-9-22-62(60)57-45-69-73(86-49-57)64-24-13-37-83-75(64)80-32-15-28-78(69,80)29-16-33-80/h6-9,12-14,19-25,36-46,48-50H,3-5,10-11,15-18,26-35,47H2,1-2H3. The maximum Gasteiger partial charge on any atom is 0.0758 e. The number of aromatic nitrogens is 6. The molecular formula is C81H74N6. The van der Waals surface area contributed by atoms with E-state index in [4.69, 9.17) is 29.9 Å². The number of aryl methyl sites for hydroxylation is 2. The third-order valence-corrected chi connectivity index (χ3v) is 24.2. The number of nitrogens with zero attached hydrogens (tertiary/aromatic N) is 6. The lowest BCUT2D eigenvalue weighted by Gasteiger charge is -2.46. The van der Waals surface area contributed by atoms with Gasteiger partial charge in [0.25, 0.3) is 0 Å². The molecule has 6 aromatic heterocycles. The normalized spacial score (nSPS) is 24.0. The highest BCUT2D eigenvalue weighted by molar-refractivity contribution is 5.95. The molecule has 18 rings (SSSR count). The minimum Gasteiger partial charge on any atom is -0.261 e. The van der Waals surface area contributed by atoms with Crippen LogP contribution in [-0.2, 0) is 33.5 Å². The lowest BCUT2D eigenvalue weighted by molar-refractivity contribution is 0.290. The Labute approximate surface area is 512 Å². The SMILES string of the molecule is Cc1cc(-c2cc(-c3ccccc3-c3cnc4c(c3)C3(CCCCCCC3)Cc3ncccc3-4)cc(-c3ccccc3-c3cnc4c(c3)C35CCCC3(CCC5)c3ncccc3-4)c2)c(-c2cnc3c(c2)C24CCCC2(CCC4)c2ncccc2-3)cc1C. The van der Waals surface area contributed by atoms with Gasteiger partial charge in [-0.1, -0.05) is 118 Å². The van der Waals surface area contributed by atoms with Gasteiger partial charge in [-0.15, -0.1) is 0 Å². The fourth-order valence-electron chi connectivity index (χ4n) is 20.3. The zero-order chi connectivity index (χ0) is 57.7. The van der Waals surface area contributed by atoms with Crippen LogP contribution in [-0.4, -0.2) is 29.9 Å². The van der Waals surface area contributed by atoms with E-state index in [0.29, 0.717) is 0 Å². The monoisotopic (exact) mass is 1130 g/mol. The number of fused-ring (bicyclic) bond motifs is 10. The second-order valence-corrected chi connectivity index (χ2v) is 28.0. The second-order valence-electron chi connectivity index (χ2n) is 28.0. The van der Waals surface area contributed by atoms with Gasteiger partial charge < -0.3 is 0 Å². The van der Waals surface area contributed by atoms with Crippen LogP contribution in [0.5, 0.6) is 0 Å². The van der Waals surface area contributed by atoms with Crippen LogP contribution in [0.15, 0.2) is 171 Å². The van der Waals surface area contributed by atoms with Gasteiger partial charge in [-0.3, -0.25) is 29.9 Å². The summed E-state index contributed by atoms with van der Waals surface area (Å²) in [6.45, 7) is 4.57. The molecule has 87 heavy (non-hydrogen) atoms. The number of benzene rings is 4. The molecule has 0 aliphatic heterocycles. The molecule has 0 bridgehead atoms. The quantitative estimate of drug-likeness (QED) is 0.165. The van der Waals surface area contributed by atoms with Crippen LogP contribution in [0.2, 0.25) is 0 Å². The van der Waals surface area contributed by atoms with Crippen molar-refractivity contribution in [3.63, 3.8) is 0 Å². The Hall–Kier alpha value is -8.22. The lowest BCUT2D eigenvalue weighted by Crippen LogP contribution is -2.44. The van der Waals surface area contributed by atoms with E-state index in [2.05, 4.69) is 166 Å². The Kier molecular flexibility index (Phi) is 11.6. The number of rotatable bonds is 6. The van der Waals surface area contributed by atoms with Crippen molar-refractivity contribution >= 4 is 0 Å². The smallest absolute Gasteiger partial charge is 0.0758 e. The lowest BCUT2D eigenvalue weighted by atomic mass is 9.57. The molecule has 5 saturated carbocycles. The molecule has 8 aliphatic rings. The Bertz CT molecular complexity index is 4480. The van der Waals surface area contributed by atoms with Crippen LogP contribution in [0.3, 0.4) is 0 Å². The molecule has 5 fully saturated rings. The summed E-state index contributed by atoms with van der Waals surface area (Å²) in [5.74, 6) is 0. The Balaban J connectivity index is 0.843. The zero-order valence-corrected chi connectivity index (χ0v) is 50.5. The van der Waals surface area contributed by atoms with Crippen LogP contribution in [0, 0.1) is 13.8 Å². The molecule has 0 atom stereocenters. The molecule has 0 unspecified atom stereocenters. The summed E-state index contributed by atoms with van der Waals surface area (Å²) in [5.41, 5.74) is 32.5.